The lowest BCUT2D eigenvalue weighted by atomic mass is 10.3. The standard InChI is InChI=1S/C17H16ClN5O2S/c1-11-15(23-8-4-7-20-17(23)22-11)14(19-2)16(18)26-10-25-12-5-6-13(24-3)21-9-12/h4-9H,2,10H2,1,3H3/b16-14-. The highest BCUT2D eigenvalue weighted by molar-refractivity contribution is 8.04. The molecule has 26 heavy (non-hydrogen) atoms. The molecule has 0 bridgehead atoms. The van der Waals surface area contributed by atoms with Gasteiger partial charge in [-0.05, 0) is 25.8 Å². The van der Waals surface area contributed by atoms with E-state index >= 15 is 0 Å². The molecule has 0 saturated carbocycles. The average Bonchev–Trinajstić information content (AvgIpc) is 2.99. The van der Waals surface area contributed by atoms with E-state index in [1.807, 2.05) is 23.6 Å². The molecule has 0 unspecified atom stereocenters. The summed E-state index contributed by atoms with van der Waals surface area (Å²) in [6.45, 7) is 5.52. The molecule has 0 N–H and O–H groups in total. The molecule has 0 aliphatic rings. The minimum Gasteiger partial charge on any atom is -0.481 e. The molecule has 0 aliphatic carbocycles. The van der Waals surface area contributed by atoms with Gasteiger partial charge in [0.25, 0.3) is 0 Å². The first-order valence-corrected chi connectivity index (χ1v) is 8.92. The van der Waals surface area contributed by atoms with Crippen LogP contribution in [-0.2, 0) is 0 Å². The smallest absolute Gasteiger partial charge is 0.234 e. The van der Waals surface area contributed by atoms with Gasteiger partial charge in [-0.1, -0.05) is 23.4 Å². The highest BCUT2D eigenvalue weighted by atomic mass is 35.5. The number of aliphatic imine (C=N–C) groups is 1. The third kappa shape index (κ3) is 3.81. The first-order valence-electron chi connectivity index (χ1n) is 7.56. The number of hydrogen-bond donors (Lipinski definition) is 0. The Bertz CT molecular complexity index is 955. The van der Waals surface area contributed by atoms with E-state index in [1.165, 1.54) is 11.8 Å². The number of hydrogen-bond acceptors (Lipinski definition) is 7. The molecule has 3 heterocycles. The lowest BCUT2D eigenvalue weighted by Crippen LogP contribution is -1.97. The molecular weight excluding hydrogens is 374 g/mol. The summed E-state index contributed by atoms with van der Waals surface area (Å²) in [6.07, 6.45) is 5.13. The highest BCUT2D eigenvalue weighted by Gasteiger charge is 2.16. The number of aryl methyl sites for hydroxylation is 1. The van der Waals surface area contributed by atoms with Crippen molar-refractivity contribution in [3.05, 3.63) is 52.5 Å². The van der Waals surface area contributed by atoms with Crippen molar-refractivity contribution in [2.45, 2.75) is 6.92 Å². The summed E-state index contributed by atoms with van der Waals surface area (Å²) in [5.74, 6) is 2.01. The summed E-state index contributed by atoms with van der Waals surface area (Å²) < 4.78 is 12.9. The summed E-state index contributed by atoms with van der Waals surface area (Å²) in [7, 11) is 1.56. The maximum absolute atomic E-state index is 6.46. The fourth-order valence-electron chi connectivity index (χ4n) is 2.30. The Morgan fingerprint density at radius 3 is 2.92 bits per heavy atom. The van der Waals surface area contributed by atoms with Crippen LogP contribution < -0.4 is 9.47 Å². The van der Waals surface area contributed by atoms with Gasteiger partial charge in [-0.25, -0.2) is 15.0 Å². The van der Waals surface area contributed by atoms with Crippen molar-refractivity contribution < 1.29 is 9.47 Å². The molecule has 0 spiro atoms. The van der Waals surface area contributed by atoms with E-state index in [1.54, 1.807) is 31.6 Å². The maximum Gasteiger partial charge on any atom is 0.234 e. The zero-order chi connectivity index (χ0) is 18.5. The number of thioether (sulfide) groups is 1. The van der Waals surface area contributed by atoms with Gasteiger partial charge < -0.3 is 9.47 Å². The van der Waals surface area contributed by atoms with E-state index in [0.717, 1.165) is 11.4 Å². The van der Waals surface area contributed by atoms with Gasteiger partial charge in [0, 0.05) is 18.5 Å². The third-order valence-corrected chi connectivity index (χ3v) is 4.67. The van der Waals surface area contributed by atoms with E-state index in [2.05, 4.69) is 26.7 Å². The topological polar surface area (TPSA) is 73.9 Å². The van der Waals surface area contributed by atoms with E-state index in [-0.39, 0.29) is 0 Å². The fraction of sp³-hybridized carbons (Fsp3) is 0.176. The fourth-order valence-corrected chi connectivity index (χ4v) is 3.18. The van der Waals surface area contributed by atoms with Gasteiger partial charge in [0.2, 0.25) is 11.7 Å². The molecular formula is C17H16ClN5O2S. The van der Waals surface area contributed by atoms with Crippen LogP contribution in [0.4, 0.5) is 0 Å². The summed E-state index contributed by atoms with van der Waals surface area (Å²) in [5.41, 5.74) is 2.06. The lowest BCUT2D eigenvalue weighted by Gasteiger charge is -2.08. The highest BCUT2D eigenvalue weighted by Crippen LogP contribution is 2.33. The van der Waals surface area contributed by atoms with Crippen LogP contribution in [0.1, 0.15) is 11.4 Å². The van der Waals surface area contributed by atoms with Crippen LogP contribution in [-0.4, -0.2) is 39.1 Å². The molecule has 0 radical (unpaired) electrons. The zero-order valence-corrected chi connectivity index (χ0v) is 15.8. The number of rotatable bonds is 7. The molecule has 7 nitrogen and oxygen atoms in total. The molecule has 0 amide bonds. The zero-order valence-electron chi connectivity index (χ0n) is 14.2. The minimum atomic E-state index is 0.292. The Labute approximate surface area is 159 Å². The Morgan fingerprint density at radius 1 is 1.38 bits per heavy atom. The van der Waals surface area contributed by atoms with Crippen LogP contribution in [0.2, 0.25) is 0 Å². The largest absolute Gasteiger partial charge is 0.481 e. The molecule has 0 atom stereocenters. The predicted molar refractivity (Wildman–Crippen MR) is 104 cm³/mol. The van der Waals surface area contributed by atoms with Crippen molar-refractivity contribution >= 4 is 41.6 Å². The SMILES string of the molecule is C=N/C(=C(/Cl)SCOc1ccc(OC)nc1)c1c(C)nc2ncccn12. The quantitative estimate of drug-likeness (QED) is 0.452. The van der Waals surface area contributed by atoms with Crippen LogP contribution in [0.5, 0.6) is 11.6 Å². The monoisotopic (exact) mass is 389 g/mol. The molecule has 0 fully saturated rings. The second kappa shape index (κ2) is 8.20. The number of nitrogens with zero attached hydrogens (tertiary/aromatic N) is 5. The summed E-state index contributed by atoms with van der Waals surface area (Å²) in [6, 6.07) is 5.32. The van der Waals surface area contributed by atoms with E-state index in [4.69, 9.17) is 21.1 Å². The summed E-state index contributed by atoms with van der Waals surface area (Å²) in [4.78, 5) is 16.8. The Balaban J connectivity index is 1.77. The Hall–Kier alpha value is -2.58. The number of pyridine rings is 1. The van der Waals surface area contributed by atoms with Crippen molar-refractivity contribution in [3.8, 4) is 11.6 Å². The number of methoxy groups -OCH3 is 1. The van der Waals surface area contributed by atoms with Gasteiger partial charge in [-0.15, -0.1) is 0 Å². The molecule has 0 aromatic carbocycles. The molecule has 3 aromatic rings. The number of halogens is 1. The van der Waals surface area contributed by atoms with E-state index in [0.29, 0.717) is 33.4 Å². The third-order valence-electron chi connectivity index (χ3n) is 3.48. The summed E-state index contributed by atoms with van der Waals surface area (Å²) in [5, 5.41) is 0. The number of imidazole rings is 1. The molecule has 134 valence electrons. The molecule has 0 saturated heterocycles. The van der Waals surface area contributed by atoms with Crippen molar-refractivity contribution in [2.75, 3.05) is 13.0 Å². The lowest BCUT2D eigenvalue weighted by molar-refractivity contribution is 0.379. The van der Waals surface area contributed by atoms with Gasteiger partial charge in [0.05, 0.1) is 24.7 Å². The first-order chi connectivity index (χ1) is 12.6. The predicted octanol–water partition coefficient (Wildman–Crippen LogP) is 3.78. The molecule has 3 aromatic heterocycles. The Kier molecular flexibility index (Phi) is 5.75. The van der Waals surface area contributed by atoms with E-state index < -0.39 is 0 Å². The van der Waals surface area contributed by atoms with Crippen LogP contribution in [0.25, 0.3) is 11.5 Å². The molecule has 3 rings (SSSR count). The second-order valence-electron chi connectivity index (χ2n) is 5.06. The maximum atomic E-state index is 6.46. The van der Waals surface area contributed by atoms with Crippen molar-refractivity contribution in [1.29, 1.82) is 0 Å². The number of aromatic nitrogens is 4. The van der Waals surface area contributed by atoms with Crippen molar-refractivity contribution in [2.24, 2.45) is 4.99 Å². The van der Waals surface area contributed by atoms with Crippen LogP contribution in [0.15, 0.2) is 46.1 Å². The van der Waals surface area contributed by atoms with Crippen molar-refractivity contribution in [3.63, 3.8) is 0 Å². The van der Waals surface area contributed by atoms with Gasteiger partial charge in [0.15, 0.2) is 0 Å². The Morgan fingerprint density at radius 2 is 2.23 bits per heavy atom. The van der Waals surface area contributed by atoms with Gasteiger partial charge in [-0.3, -0.25) is 9.39 Å². The second-order valence-corrected chi connectivity index (χ2v) is 6.59. The molecule has 0 aliphatic heterocycles. The van der Waals surface area contributed by atoms with E-state index in [9.17, 15) is 0 Å². The molecule has 9 heteroatoms. The first kappa shape index (κ1) is 18.2. The summed E-state index contributed by atoms with van der Waals surface area (Å²) >= 11 is 7.75. The van der Waals surface area contributed by atoms with Gasteiger partial charge in [0.1, 0.15) is 21.7 Å². The van der Waals surface area contributed by atoms with Gasteiger partial charge >= 0.3 is 0 Å². The average molecular weight is 390 g/mol. The van der Waals surface area contributed by atoms with Crippen LogP contribution >= 0.6 is 23.4 Å². The van der Waals surface area contributed by atoms with Crippen molar-refractivity contribution in [1.82, 2.24) is 19.4 Å². The van der Waals surface area contributed by atoms with Crippen LogP contribution in [0, 0.1) is 6.92 Å². The number of ether oxygens (including phenoxy) is 2. The minimum absolute atomic E-state index is 0.292. The van der Waals surface area contributed by atoms with Gasteiger partial charge in [-0.2, -0.15) is 0 Å². The van der Waals surface area contributed by atoms with Crippen LogP contribution in [0.3, 0.4) is 0 Å². The normalized spacial score (nSPS) is 12.0. The number of fused-ring (bicyclic) bond motifs is 1.